The Kier molecular flexibility index (Phi) is 8.85. The van der Waals surface area contributed by atoms with Crippen LogP contribution in [-0.4, -0.2) is 51.7 Å². The molecule has 1 aromatic rings. The minimum Gasteiger partial charge on any atom is -0.338 e. The van der Waals surface area contributed by atoms with E-state index in [1.165, 1.54) is 0 Å². The monoisotopic (exact) mass is 389 g/mol. The van der Waals surface area contributed by atoms with Crippen LogP contribution in [0, 0.1) is 5.92 Å². The number of nitrogens with one attached hydrogen (secondary N) is 2. The molecular weight excluding hydrogens is 362 g/mol. The van der Waals surface area contributed by atoms with Gasteiger partial charge in [0, 0.05) is 25.2 Å². The highest BCUT2D eigenvalue weighted by molar-refractivity contribution is 7.89. The molecule has 1 atom stereocenters. The second-order valence-electron chi connectivity index (χ2n) is 6.24. The van der Waals surface area contributed by atoms with Crippen LogP contribution in [0.4, 0.5) is 0 Å². The van der Waals surface area contributed by atoms with Gasteiger partial charge in [-0.1, -0.05) is 12.1 Å². The number of hydrogen-bond donors (Lipinski definition) is 2. The molecule has 142 valence electrons. The zero-order valence-corrected chi connectivity index (χ0v) is 16.5. The lowest BCUT2D eigenvalue weighted by Crippen LogP contribution is -2.42. The number of sulfonamides is 1. The van der Waals surface area contributed by atoms with Crippen molar-refractivity contribution in [2.45, 2.75) is 26.3 Å². The van der Waals surface area contributed by atoms with Gasteiger partial charge in [0.15, 0.2) is 0 Å². The molecule has 0 spiro atoms. The maximum atomic E-state index is 12.6. The fourth-order valence-corrected chi connectivity index (χ4v) is 3.54. The average Bonchev–Trinajstić information content (AvgIpc) is 2.60. The number of hydrogen-bond acceptors (Lipinski definition) is 4. The van der Waals surface area contributed by atoms with E-state index in [1.807, 2.05) is 11.9 Å². The summed E-state index contributed by atoms with van der Waals surface area (Å²) in [6.07, 6.45) is 2.19. The summed E-state index contributed by atoms with van der Waals surface area (Å²) in [5, 5.41) is 3.18. The van der Waals surface area contributed by atoms with E-state index in [4.69, 9.17) is 0 Å². The molecule has 8 heteroatoms. The van der Waals surface area contributed by atoms with Crippen molar-refractivity contribution in [1.82, 2.24) is 14.9 Å². The van der Waals surface area contributed by atoms with Crippen molar-refractivity contribution in [2.24, 2.45) is 5.92 Å². The molecule has 1 fully saturated rings. The largest absolute Gasteiger partial charge is 0.338 e. The standard InChI is InChI=1S/C17H27N3O3S.ClH/c1-3-24(22,23)19-12-14-6-8-16(9-7-14)17(21)20-10-4-5-15(13-20)11-18-2;/h6-9,15,18-19H,3-5,10-13H2,1-2H3;1H. The van der Waals surface area contributed by atoms with E-state index >= 15 is 0 Å². The van der Waals surface area contributed by atoms with Gasteiger partial charge >= 0.3 is 0 Å². The maximum Gasteiger partial charge on any atom is 0.253 e. The highest BCUT2D eigenvalue weighted by Crippen LogP contribution is 2.18. The van der Waals surface area contributed by atoms with E-state index in [-0.39, 0.29) is 30.6 Å². The second-order valence-corrected chi connectivity index (χ2v) is 8.33. The molecule has 1 unspecified atom stereocenters. The van der Waals surface area contributed by atoms with Crippen LogP contribution >= 0.6 is 12.4 Å². The predicted molar refractivity (Wildman–Crippen MR) is 103 cm³/mol. The Morgan fingerprint density at radius 1 is 1.28 bits per heavy atom. The molecule has 1 aromatic carbocycles. The minimum atomic E-state index is -3.20. The van der Waals surface area contributed by atoms with Crippen LogP contribution < -0.4 is 10.0 Å². The van der Waals surface area contributed by atoms with Gasteiger partial charge in [0.05, 0.1) is 5.75 Å². The van der Waals surface area contributed by atoms with Gasteiger partial charge in [-0.25, -0.2) is 13.1 Å². The van der Waals surface area contributed by atoms with Crippen molar-refractivity contribution in [1.29, 1.82) is 0 Å². The van der Waals surface area contributed by atoms with Crippen molar-refractivity contribution >= 4 is 28.3 Å². The first kappa shape index (κ1) is 21.9. The molecule has 1 aliphatic rings. The summed E-state index contributed by atoms with van der Waals surface area (Å²) in [5.41, 5.74) is 1.50. The topological polar surface area (TPSA) is 78.5 Å². The van der Waals surface area contributed by atoms with E-state index in [2.05, 4.69) is 10.0 Å². The molecule has 1 heterocycles. The van der Waals surface area contributed by atoms with Crippen molar-refractivity contribution in [3.63, 3.8) is 0 Å². The molecule has 2 N–H and O–H groups in total. The Morgan fingerprint density at radius 3 is 2.56 bits per heavy atom. The SMILES string of the molecule is CCS(=O)(=O)NCc1ccc(C(=O)N2CCCC(CNC)C2)cc1.Cl. The van der Waals surface area contributed by atoms with Crippen LogP contribution in [0.25, 0.3) is 0 Å². The van der Waals surface area contributed by atoms with Crippen LogP contribution in [0.3, 0.4) is 0 Å². The summed E-state index contributed by atoms with van der Waals surface area (Å²) < 4.78 is 25.4. The number of halogens is 1. The number of piperidine rings is 1. The van der Waals surface area contributed by atoms with Crippen LogP contribution in [0.15, 0.2) is 24.3 Å². The number of carbonyl (C=O) groups excluding carboxylic acids is 1. The highest BCUT2D eigenvalue weighted by Gasteiger charge is 2.23. The molecule has 6 nitrogen and oxygen atoms in total. The Bertz CT molecular complexity index is 648. The lowest BCUT2D eigenvalue weighted by molar-refractivity contribution is 0.0674. The number of nitrogens with zero attached hydrogens (tertiary/aromatic N) is 1. The summed E-state index contributed by atoms with van der Waals surface area (Å²) in [6, 6.07) is 7.17. The second kappa shape index (κ2) is 10.1. The van der Waals surface area contributed by atoms with Gasteiger partial charge in [0.1, 0.15) is 0 Å². The average molecular weight is 390 g/mol. The molecule has 1 amide bonds. The van der Waals surface area contributed by atoms with Gasteiger partial charge in [-0.05, 0) is 57.0 Å². The molecule has 1 aliphatic heterocycles. The summed E-state index contributed by atoms with van der Waals surface area (Å²) in [6.45, 7) is 4.37. The lowest BCUT2D eigenvalue weighted by Gasteiger charge is -2.32. The molecule has 0 aromatic heterocycles. The summed E-state index contributed by atoms with van der Waals surface area (Å²) in [5.74, 6) is 0.624. The minimum absolute atomic E-state index is 0. The summed E-state index contributed by atoms with van der Waals surface area (Å²) >= 11 is 0. The zero-order chi connectivity index (χ0) is 17.6. The highest BCUT2D eigenvalue weighted by atomic mass is 35.5. The lowest BCUT2D eigenvalue weighted by atomic mass is 9.97. The van der Waals surface area contributed by atoms with Gasteiger partial charge in [0.2, 0.25) is 10.0 Å². The Morgan fingerprint density at radius 2 is 1.96 bits per heavy atom. The molecule has 25 heavy (non-hydrogen) atoms. The third kappa shape index (κ3) is 6.58. The maximum absolute atomic E-state index is 12.6. The van der Waals surface area contributed by atoms with Gasteiger partial charge in [-0.3, -0.25) is 4.79 Å². The zero-order valence-electron chi connectivity index (χ0n) is 14.8. The van der Waals surface area contributed by atoms with Crippen molar-refractivity contribution in [3.8, 4) is 0 Å². The van der Waals surface area contributed by atoms with E-state index in [9.17, 15) is 13.2 Å². The third-order valence-electron chi connectivity index (χ3n) is 4.38. The van der Waals surface area contributed by atoms with Crippen LogP contribution in [0.1, 0.15) is 35.7 Å². The fourth-order valence-electron chi connectivity index (χ4n) is 2.95. The number of likely N-dealkylation sites (tertiary alicyclic amines) is 1. The molecule has 0 saturated carbocycles. The Labute approximate surface area is 156 Å². The molecule has 0 bridgehead atoms. The summed E-state index contributed by atoms with van der Waals surface area (Å²) in [4.78, 5) is 14.5. The molecule has 1 saturated heterocycles. The van der Waals surface area contributed by atoms with E-state index in [1.54, 1.807) is 31.2 Å². The van der Waals surface area contributed by atoms with Gasteiger partial charge in [-0.15, -0.1) is 12.4 Å². The van der Waals surface area contributed by atoms with E-state index < -0.39 is 10.0 Å². The van der Waals surface area contributed by atoms with Crippen LogP contribution in [0.5, 0.6) is 0 Å². The third-order valence-corrected chi connectivity index (χ3v) is 5.72. The Hall–Kier alpha value is -1.15. The van der Waals surface area contributed by atoms with E-state index in [0.717, 1.165) is 38.0 Å². The Balaban J connectivity index is 0.00000312. The van der Waals surface area contributed by atoms with Gasteiger partial charge in [-0.2, -0.15) is 0 Å². The fraction of sp³-hybridized carbons (Fsp3) is 0.588. The number of rotatable bonds is 7. The number of amides is 1. The smallest absolute Gasteiger partial charge is 0.253 e. The van der Waals surface area contributed by atoms with Crippen molar-refractivity contribution < 1.29 is 13.2 Å². The number of carbonyl (C=O) groups is 1. The van der Waals surface area contributed by atoms with Gasteiger partial charge < -0.3 is 10.2 Å². The first-order valence-electron chi connectivity index (χ1n) is 8.45. The van der Waals surface area contributed by atoms with Crippen LogP contribution in [0.2, 0.25) is 0 Å². The first-order valence-corrected chi connectivity index (χ1v) is 10.1. The molecule has 0 radical (unpaired) electrons. The molecule has 0 aliphatic carbocycles. The molecular formula is C17H28ClN3O3S. The van der Waals surface area contributed by atoms with Gasteiger partial charge in [0.25, 0.3) is 5.91 Å². The van der Waals surface area contributed by atoms with Crippen molar-refractivity contribution in [3.05, 3.63) is 35.4 Å². The number of benzene rings is 1. The van der Waals surface area contributed by atoms with Crippen LogP contribution in [-0.2, 0) is 16.6 Å². The predicted octanol–water partition coefficient (Wildman–Crippen LogP) is 1.62. The van der Waals surface area contributed by atoms with Crippen molar-refractivity contribution in [2.75, 3.05) is 32.4 Å². The normalized spacial score (nSPS) is 17.8. The summed E-state index contributed by atoms with van der Waals surface area (Å²) in [7, 11) is -1.27. The first-order chi connectivity index (χ1) is 11.4. The molecule has 2 rings (SSSR count). The van der Waals surface area contributed by atoms with E-state index in [0.29, 0.717) is 11.5 Å². The quantitative estimate of drug-likeness (QED) is 0.742.